The lowest BCUT2D eigenvalue weighted by Crippen LogP contribution is -2.06. The average molecular weight is 335 g/mol. The molecule has 0 radical (unpaired) electrons. The van der Waals surface area contributed by atoms with E-state index in [0.717, 1.165) is 0 Å². The molecule has 0 fully saturated rings. The van der Waals surface area contributed by atoms with E-state index in [4.69, 9.17) is 4.42 Å². The number of rotatable bonds is 6. The van der Waals surface area contributed by atoms with Crippen LogP contribution in [0, 0.1) is 5.82 Å². The molecule has 0 spiro atoms. The van der Waals surface area contributed by atoms with Crippen molar-refractivity contribution in [3.63, 3.8) is 0 Å². The number of alkyl halides is 2. The number of aromatic nitrogens is 2. The Bertz CT molecular complexity index is 806. The normalized spacial score (nSPS) is 10.8. The highest BCUT2D eigenvalue weighted by atomic mass is 19.3. The summed E-state index contributed by atoms with van der Waals surface area (Å²) in [5.74, 6) is 0.145. The molecular weight excluding hydrogens is 323 g/mol. The number of nitrogens with zero attached hydrogens (tertiary/aromatic N) is 2. The van der Waals surface area contributed by atoms with Crippen LogP contribution in [0.1, 0.15) is 5.89 Å². The van der Waals surface area contributed by atoms with Crippen molar-refractivity contribution >= 4 is 5.69 Å². The predicted octanol–water partition coefficient (Wildman–Crippen LogP) is 4.09. The zero-order valence-corrected chi connectivity index (χ0v) is 12.2. The van der Waals surface area contributed by atoms with Crippen molar-refractivity contribution in [2.75, 3.05) is 5.32 Å². The molecular formula is C16H12F3N3O2. The van der Waals surface area contributed by atoms with E-state index in [1.807, 2.05) is 0 Å². The zero-order valence-electron chi connectivity index (χ0n) is 12.2. The minimum Gasteiger partial charge on any atom is -0.433 e. The summed E-state index contributed by atoms with van der Waals surface area (Å²) in [6.45, 7) is -2.79. The second kappa shape index (κ2) is 7.03. The van der Waals surface area contributed by atoms with Gasteiger partial charge < -0.3 is 14.5 Å². The van der Waals surface area contributed by atoms with Crippen molar-refractivity contribution in [3.8, 4) is 17.2 Å². The van der Waals surface area contributed by atoms with Crippen LogP contribution < -0.4 is 10.1 Å². The van der Waals surface area contributed by atoms with Crippen LogP contribution >= 0.6 is 0 Å². The number of hydrogen-bond acceptors (Lipinski definition) is 5. The monoisotopic (exact) mass is 335 g/mol. The van der Waals surface area contributed by atoms with E-state index in [2.05, 4.69) is 20.3 Å². The number of ether oxygens (including phenoxy) is 1. The van der Waals surface area contributed by atoms with E-state index in [1.54, 1.807) is 18.2 Å². The van der Waals surface area contributed by atoms with E-state index in [0.29, 0.717) is 11.3 Å². The Labute approximate surface area is 135 Å². The summed E-state index contributed by atoms with van der Waals surface area (Å²) in [5.41, 5.74) is 0.955. The maximum Gasteiger partial charge on any atom is 0.387 e. The topological polar surface area (TPSA) is 60.2 Å². The Balaban J connectivity index is 1.69. The fourth-order valence-electron chi connectivity index (χ4n) is 2.02. The van der Waals surface area contributed by atoms with Crippen LogP contribution in [-0.2, 0) is 6.54 Å². The summed E-state index contributed by atoms with van der Waals surface area (Å²) in [5, 5.41) is 10.6. The number of para-hydroxylation sites is 2. The van der Waals surface area contributed by atoms with Crippen molar-refractivity contribution in [1.82, 2.24) is 10.2 Å². The van der Waals surface area contributed by atoms with E-state index in [9.17, 15) is 13.2 Å². The highest BCUT2D eigenvalue weighted by Gasteiger charge is 2.11. The van der Waals surface area contributed by atoms with Gasteiger partial charge in [-0.2, -0.15) is 8.78 Å². The molecule has 0 saturated heterocycles. The molecule has 0 unspecified atom stereocenters. The average Bonchev–Trinajstić information content (AvgIpc) is 3.03. The van der Waals surface area contributed by atoms with Crippen molar-refractivity contribution in [1.29, 1.82) is 0 Å². The molecule has 1 aromatic heterocycles. The summed E-state index contributed by atoms with van der Waals surface area (Å²) in [4.78, 5) is 0. The van der Waals surface area contributed by atoms with Crippen molar-refractivity contribution in [2.24, 2.45) is 0 Å². The van der Waals surface area contributed by atoms with Crippen LogP contribution in [-0.4, -0.2) is 16.8 Å². The minimum atomic E-state index is -2.92. The molecule has 0 aliphatic heterocycles. The van der Waals surface area contributed by atoms with E-state index < -0.39 is 6.61 Å². The Morgan fingerprint density at radius 2 is 1.79 bits per heavy atom. The van der Waals surface area contributed by atoms with Gasteiger partial charge in [0.15, 0.2) is 0 Å². The molecule has 1 heterocycles. The minimum absolute atomic E-state index is 0.0192. The lowest BCUT2D eigenvalue weighted by atomic mass is 10.2. The van der Waals surface area contributed by atoms with E-state index >= 15 is 0 Å². The smallest absolute Gasteiger partial charge is 0.387 e. The van der Waals surface area contributed by atoms with Crippen LogP contribution in [0.25, 0.3) is 11.5 Å². The number of halogens is 3. The summed E-state index contributed by atoms with van der Waals surface area (Å²) >= 11 is 0. The van der Waals surface area contributed by atoms with Gasteiger partial charge in [0.2, 0.25) is 11.8 Å². The van der Waals surface area contributed by atoms with Crippen LogP contribution in [0.5, 0.6) is 5.75 Å². The van der Waals surface area contributed by atoms with Gasteiger partial charge in [0, 0.05) is 5.56 Å². The zero-order chi connectivity index (χ0) is 16.9. The molecule has 0 aliphatic carbocycles. The van der Waals surface area contributed by atoms with Crippen LogP contribution in [0.3, 0.4) is 0 Å². The lowest BCUT2D eigenvalue weighted by Gasteiger charge is -2.11. The summed E-state index contributed by atoms with van der Waals surface area (Å²) < 4.78 is 47.5. The van der Waals surface area contributed by atoms with Gasteiger partial charge in [-0.1, -0.05) is 12.1 Å². The Morgan fingerprint density at radius 3 is 2.54 bits per heavy atom. The Kier molecular flexibility index (Phi) is 4.64. The van der Waals surface area contributed by atoms with Gasteiger partial charge in [-0.15, -0.1) is 10.2 Å². The first-order valence-corrected chi connectivity index (χ1v) is 6.98. The summed E-state index contributed by atoms with van der Waals surface area (Å²) in [7, 11) is 0. The van der Waals surface area contributed by atoms with Crippen molar-refractivity contribution in [3.05, 3.63) is 60.2 Å². The van der Waals surface area contributed by atoms with Gasteiger partial charge >= 0.3 is 6.61 Å². The highest BCUT2D eigenvalue weighted by Crippen LogP contribution is 2.26. The van der Waals surface area contributed by atoms with Crippen molar-refractivity contribution < 1.29 is 22.3 Å². The Hall–Kier alpha value is -3.03. The Morgan fingerprint density at radius 1 is 1.04 bits per heavy atom. The molecule has 0 saturated carbocycles. The number of hydrogen-bond donors (Lipinski definition) is 1. The van der Waals surface area contributed by atoms with Crippen molar-refractivity contribution in [2.45, 2.75) is 13.2 Å². The molecule has 1 N–H and O–H groups in total. The van der Waals surface area contributed by atoms with E-state index in [-0.39, 0.29) is 29.9 Å². The van der Waals surface area contributed by atoms with Gasteiger partial charge in [0.05, 0.1) is 12.2 Å². The molecule has 3 aromatic rings. The molecule has 124 valence electrons. The highest BCUT2D eigenvalue weighted by molar-refractivity contribution is 5.56. The molecule has 24 heavy (non-hydrogen) atoms. The molecule has 3 rings (SSSR count). The van der Waals surface area contributed by atoms with Gasteiger partial charge in [-0.05, 0) is 36.4 Å². The fourth-order valence-corrected chi connectivity index (χ4v) is 2.02. The van der Waals surface area contributed by atoms with Crippen LogP contribution in [0.4, 0.5) is 18.9 Å². The second-order valence-electron chi connectivity index (χ2n) is 4.74. The lowest BCUT2D eigenvalue weighted by molar-refractivity contribution is -0.0493. The third-order valence-electron chi connectivity index (χ3n) is 3.09. The van der Waals surface area contributed by atoms with Gasteiger partial charge in [0.25, 0.3) is 0 Å². The third kappa shape index (κ3) is 3.83. The molecule has 0 aliphatic rings. The first kappa shape index (κ1) is 15.9. The first-order valence-electron chi connectivity index (χ1n) is 6.98. The molecule has 0 atom stereocenters. The molecule has 5 nitrogen and oxygen atoms in total. The molecule has 8 heteroatoms. The number of nitrogens with one attached hydrogen (secondary N) is 1. The quantitative estimate of drug-likeness (QED) is 0.735. The fraction of sp³-hybridized carbons (Fsp3) is 0.125. The maximum atomic E-state index is 12.9. The summed E-state index contributed by atoms with van der Waals surface area (Å²) in [6, 6.07) is 11.9. The summed E-state index contributed by atoms with van der Waals surface area (Å²) in [6.07, 6.45) is 0. The standard InChI is InChI=1S/C16H12F3N3O2/c17-11-7-5-10(6-8-11)15-22-21-14(24-15)9-20-12-3-1-2-4-13(12)23-16(18)19/h1-8,16,20H,9H2. The third-order valence-corrected chi connectivity index (χ3v) is 3.09. The predicted molar refractivity (Wildman–Crippen MR) is 80.1 cm³/mol. The largest absolute Gasteiger partial charge is 0.433 e. The number of benzene rings is 2. The maximum absolute atomic E-state index is 12.9. The molecule has 0 bridgehead atoms. The van der Waals surface area contributed by atoms with Gasteiger partial charge in [-0.25, -0.2) is 4.39 Å². The van der Waals surface area contributed by atoms with Crippen LogP contribution in [0.2, 0.25) is 0 Å². The second-order valence-corrected chi connectivity index (χ2v) is 4.74. The van der Waals surface area contributed by atoms with Crippen LogP contribution in [0.15, 0.2) is 52.9 Å². The van der Waals surface area contributed by atoms with Gasteiger partial charge in [-0.3, -0.25) is 0 Å². The molecule has 0 amide bonds. The van der Waals surface area contributed by atoms with Gasteiger partial charge in [0.1, 0.15) is 11.6 Å². The SMILES string of the molecule is Fc1ccc(-c2nnc(CNc3ccccc3OC(F)F)o2)cc1. The first-order chi connectivity index (χ1) is 11.6. The molecule has 2 aromatic carbocycles. The van der Waals surface area contributed by atoms with E-state index in [1.165, 1.54) is 30.3 Å². The number of anilines is 1.